The number of aromatic nitrogens is 1. The number of rotatable bonds is 6. The van der Waals surface area contributed by atoms with Crippen molar-refractivity contribution in [1.82, 2.24) is 9.88 Å². The predicted octanol–water partition coefficient (Wildman–Crippen LogP) is 4.14. The second-order valence-electron chi connectivity index (χ2n) is 9.37. The van der Waals surface area contributed by atoms with Crippen LogP contribution in [0.4, 0.5) is 4.39 Å². The SMILES string of the molecule is Cc1ccc2c(C(=O)NC3CC4CCC(C4)C3)c(C)n(CCCS(C)(=O)=O)c2c1F. The highest BCUT2D eigenvalue weighted by Crippen LogP contribution is 2.42. The Morgan fingerprint density at radius 3 is 2.47 bits per heavy atom. The normalized spacial score (nSPS) is 23.8. The van der Waals surface area contributed by atoms with Gasteiger partial charge in [0.1, 0.15) is 15.7 Å². The van der Waals surface area contributed by atoms with Gasteiger partial charge in [0.05, 0.1) is 16.8 Å². The first-order valence-corrected chi connectivity index (χ1v) is 13.0. The molecule has 1 aromatic heterocycles. The Morgan fingerprint density at radius 1 is 1.17 bits per heavy atom. The van der Waals surface area contributed by atoms with Crippen LogP contribution in [0.5, 0.6) is 0 Å². The molecule has 2 aromatic rings. The third-order valence-electron chi connectivity index (χ3n) is 6.96. The van der Waals surface area contributed by atoms with E-state index in [1.54, 1.807) is 17.6 Å². The summed E-state index contributed by atoms with van der Waals surface area (Å²) in [5, 5.41) is 3.83. The third-order valence-corrected chi connectivity index (χ3v) is 7.99. The minimum atomic E-state index is -3.10. The molecule has 0 spiro atoms. The minimum absolute atomic E-state index is 0.0337. The van der Waals surface area contributed by atoms with Crippen LogP contribution in [0.3, 0.4) is 0 Å². The molecule has 30 heavy (non-hydrogen) atoms. The molecule has 2 atom stereocenters. The van der Waals surface area contributed by atoms with Gasteiger partial charge in [-0.3, -0.25) is 4.79 Å². The molecule has 0 saturated heterocycles. The average molecular weight is 435 g/mol. The number of amides is 1. The molecular formula is C23H31FN2O3S. The summed E-state index contributed by atoms with van der Waals surface area (Å²) in [6.45, 7) is 3.89. The highest BCUT2D eigenvalue weighted by molar-refractivity contribution is 7.90. The van der Waals surface area contributed by atoms with Gasteiger partial charge in [-0.2, -0.15) is 0 Å². The second kappa shape index (κ2) is 7.98. The van der Waals surface area contributed by atoms with Crippen molar-refractivity contribution in [1.29, 1.82) is 0 Å². The maximum Gasteiger partial charge on any atom is 0.253 e. The van der Waals surface area contributed by atoms with Gasteiger partial charge in [0, 0.05) is 29.9 Å². The van der Waals surface area contributed by atoms with Gasteiger partial charge in [-0.25, -0.2) is 12.8 Å². The lowest BCUT2D eigenvalue weighted by molar-refractivity contribution is 0.0919. The molecule has 1 aromatic carbocycles. The largest absolute Gasteiger partial charge is 0.349 e. The summed E-state index contributed by atoms with van der Waals surface area (Å²) < 4.78 is 39.9. The number of carbonyl (C=O) groups excluding carboxylic acids is 1. The Morgan fingerprint density at radius 2 is 1.83 bits per heavy atom. The summed E-state index contributed by atoms with van der Waals surface area (Å²) in [5.41, 5.74) is 2.12. The first-order chi connectivity index (χ1) is 14.1. The van der Waals surface area contributed by atoms with Gasteiger partial charge < -0.3 is 9.88 Å². The monoisotopic (exact) mass is 434 g/mol. The Bertz CT molecular complexity index is 1080. The molecule has 1 amide bonds. The summed E-state index contributed by atoms with van der Waals surface area (Å²) in [4.78, 5) is 13.3. The predicted molar refractivity (Wildman–Crippen MR) is 117 cm³/mol. The fourth-order valence-corrected chi connectivity index (χ4v) is 6.22. The molecule has 2 bridgehead atoms. The maximum absolute atomic E-state index is 15.1. The summed E-state index contributed by atoms with van der Waals surface area (Å²) in [6, 6.07) is 3.70. The van der Waals surface area contributed by atoms with Gasteiger partial charge >= 0.3 is 0 Å². The zero-order valence-corrected chi connectivity index (χ0v) is 18.8. The molecule has 2 aliphatic rings. The minimum Gasteiger partial charge on any atom is -0.349 e. The first kappa shape index (κ1) is 21.3. The lowest BCUT2D eigenvalue weighted by atomic mass is 9.85. The summed E-state index contributed by atoms with van der Waals surface area (Å²) in [5.74, 6) is 0.977. The van der Waals surface area contributed by atoms with Crippen LogP contribution in [0, 0.1) is 31.5 Å². The molecule has 2 aliphatic carbocycles. The van der Waals surface area contributed by atoms with Gasteiger partial charge in [-0.15, -0.1) is 0 Å². The van der Waals surface area contributed by atoms with Crippen LogP contribution in [0.1, 0.15) is 60.1 Å². The molecule has 1 N–H and O–H groups in total. The molecule has 1 heterocycles. The Hall–Kier alpha value is -1.89. The van der Waals surface area contributed by atoms with E-state index in [1.807, 2.05) is 13.0 Å². The first-order valence-electron chi connectivity index (χ1n) is 10.9. The van der Waals surface area contributed by atoms with Crippen molar-refractivity contribution in [2.24, 2.45) is 11.8 Å². The highest BCUT2D eigenvalue weighted by Gasteiger charge is 2.35. The number of fused-ring (bicyclic) bond motifs is 3. The van der Waals surface area contributed by atoms with E-state index < -0.39 is 9.84 Å². The van der Waals surface area contributed by atoms with Gasteiger partial charge in [0.2, 0.25) is 0 Å². The standard InChI is InChI=1S/C23H31FN2O3S/c1-14-5-8-19-20(23(27)25-18-12-16-6-7-17(11-16)13-18)15(2)26(22(19)21(14)24)9-4-10-30(3,28)29/h5,8,16-18H,4,6-7,9-13H2,1-3H3,(H,25,27). The highest BCUT2D eigenvalue weighted by atomic mass is 32.2. The van der Waals surface area contributed by atoms with Crippen LogP contribution in [0.25, 0.3) is 10.9 Å². The van der Waals surface area contributed by atoms with E-state index in [-0.39, 0.29) is 23.5 Å². The molecule has 5 nitrogen and oxygen atoms in total. The van der Waals surface area contributed by atoms with Crippen molar-refractivity contribution < 1.29 is 17.6 Å². The number of hydrogen-bond acceptors (Lipinski definition) is 3. The number of nitrogens with one attached hydrogen (secondary N) is 1. The van der Waals surface area contributed by atoms with Crippen molar-refractivity contribution in [2.45, 2.75) is 65.0 Å². The van der Waals surface area contributed by atoms with Crippen molar-refractivity contribution in [3.63, 3.8) is 0 Å². The van der Waals surface area contributed by atoms with Crippen molar-refractivity contribution in [3.05, 3.63) is 34.8 Å². The maximum atomic E-state index is 15.1. The molecule has 7 heteroatoms. The third kappa shape index (κ3) is 4.13. The quantitative estimate of drug-likeness (QED) is 0.743. The Kier molecular flexibility index (Phi) is 5.68. The van der Waals surface area contributed by atoms with Crippen LogP contribution in [-0.4, -0.2) is 36.9 Å². The van der Waals surface area contributed by atoms with Crippen LogP contribution >= 0.6 is 0 Å². The van der Waals surface area contributed by atoms with Crippen LogP contribution in [0.15, 0.2) is 12.1 Å². The molecule has 2 saturated carbocycles. The fraction of sp³-hybridized carbons (Fsp3) is 0.609. The Balaban J connectivity index is 1.66. The molecule has 2 fully saturated rings. The van der Waals surface area contributed by atoms with Crippen LogP contribution in [0.2, 0.25) is 0 Å². The average Bonchev–Trinajstić information content (AvgIpc) is 3.14. The lowest BCUT2D eigenvalue weighted by Gasteiger charge is -2.28. The summed E-state index contributed by atoms with van der Waals surface area (Å²) >= 11 is 0. The van der Waals surface area contributed by atoms with Crippen molar-refractivity contribution in [2.75, 3.05) is 12.0 Å². The molecular weight excluding hydrogens is 403 g/mol. The van der Waals surface area contributed by atoms with Crippen molar-refractivity contribution >= 4 is 26.6 Å². The van der Waals surface area contributed by atoms with E-state index in [9.17, 15) is 13.2 Å². The molecule has 2 unspecified atom stereocenters. The topological polar surface area (TPSA) is 68.2 Å². The Labute approximate surface area is 177 Å². The van der Waals surface area contributed by atoms with E-state index in [4.69, 9.17) is 0 Å². The smallest absolute Gasteiger partial charge is 0.253 e. The summed E-state index contributed by atoms with van der Waals surface area (Å²) in [7, 11) is -3.10. The van der Waals surface area contributed by atoms with E-state index in [1.165, 1.54) is 25.5 Å². The van der Waals surface area contributed by atoms with Gasteiger partial charge in [-0.1, -0.05) is 25.0 Å². The van der Waals surface area contributed by atoms with E-state index in [2.05, 4.69) is 5.32 Å². The van der Waals surface area contributed by atoms with Gasteiger partial charge in [0.15, 0.2) is 0 Å². The number of benzene rings is 1. The number of halogens is 1. The molecule has 0 aliphatic heterocycles. The van der Waals surface area contributed by atoms with E-state index in [0.717, 1.165) is 12.8 Å². The number of carbonyl (C=O) groups is 1. The van der Waals surface area contributed by atoms with Gasteiger partial charge in [0.25, 0.3) is 5.91 Å². The van der Waals surface area contributed by atoms with Crippen molar-refractivity contribution in [3.8, 4) is 0 Å². The zero-order valence-electron chi connectivity index (χ0n) is 18.0. The van der Waals surface area contributed by atoms with E-state index in [0.29, 0.717) is 52.5 Å². The fourth-order valence-electron chi connectivity index (χ4n) is 5.56. The van der Waals surface area contributed by atoms with Crippen LogP contribution in [-0.2, 0) is 16.4 Å². The number of nitrogens with zero attached hydrogens (tertiary/aromatic N) is 1. The number of hydrogen-bond donors (Lipinski definition) is 1. The molecule has 0 radical (unpaired) electrons. The van der Waals surface area contributed by atoms with E-state index >= 15 is 4.39 Å². The molecule has 164 valence electrons. The second-order valence-corrected chi connectivity index (χ2v) is 11.6. The van der Waals surface area contributed by atoms with Gasteiger partial charge in [-0.05, 0) is 56.9 Å². The van der Waals surface area contributed by atoms with Crippen LogP contribution < -0.4 is 5.32 Å². The molecule has 4 rings (SSSR count). The lowest BCUT2D eigenvalue weighted by Crippen LogP contribution is -2.39. The summed E-state index contributed by atoms with van der Waals surface area (Å²) in [6.07, 6.45) is 7.46. The number of aryl methyl sites for hydroxylation is 2. The number of sulfone groups is 1. The zero-order chi connectivity index (χ0) is 21.6.